The molecule has 0 unspecified atom stereocenters. The van der Waals surface area contributed by atoms with Gasteiger partial charge in [0.05, 0.1) is 21.6 Å². The molecule has 3 aromatic rings. The average molecular weight is 328 g/mol. The molecule has 0 fully saturated rings. The largest absolute Gasteiger partial charge is 0.493 e. The van der Waals surface area contributed by atoms with E-state index in [1.54, 1.807) is 17.9 Å². The molecule has 6 nitrogen and oxygen atoms in total. The minimum absolute atomic E-state index is 0.0317. The van der Waals surface area contributed by atoms with Crippen molar-refractivity contribution in [2.24, 2.45) is 0 Å². The van der Waals surface area contributed by atoms with Crippen LogP contribution in [0.5, 0.6) is 11.8 Å². The lowest BCUT2D eigenvalue weighted by Gasteiger charge is -2.14. The first kappa shape index (κ1) is 15.4. The number of hydrogen-bond donors (Lipinski definition) is 1. The van der Waals surface area contributed by atoms with Gasteiger partial charge in [0.25, 0.3) is 0 Å². The molecule has 0 saturated heterocycles. The van der Waals surface area contributed by atoms with Crippen LogP contribution in [-0.4, -0.2) is 25.0 Å². The van der Waals surface area contributed by atoms with Crippen molar-refractivity contribution in [3.8, 4) is 22.5 Å². The van der Waals surface area contributed by atoms with Gasteiger partial charge in [-0.05, 0) is 18.1 Å². The molecule has 7 heteroatoms. The predicted molar refractivity (Wildman–Crippen MR) is 87.5 cm³/mol. The minimum atomic E-state index is -0.0607. The molecule has 0 spiro atoms. The standard InChI is InChI=1S/C16H16N4O2S/c1-10(2)13-15(21)19-14(12-7-17-9-23-12)20-16(13)22-8-11-5-3-4-6-18-11/h3-7,9-10H,8H2,1-2H3,(H,19,20,21). The molecule has 3 heterocycles. The summed E-state index contributed by atoms with van der Waals surface area (Å²) >= 11 is 1.41. The Bertz CT molecular complexity index is 776. The van der Waals surface area contributed by atoms with E-state index in [0.29, 0.717) is 17.3 Å². The molecule has 0 aliphatic heterocycles. The summed E-state index contributed by atoms with van der Waals surface area (Å²) in [6, 6.07) is 5.62. The Hall–Kier alpha value is -2.54. The maximum atomic E-state index is 10.3. The molecule has 3 rings (SSSR count). The fourth-order valence-corrected chi connectivity index (χ4v) is 2.67. The molecular weight excluding hydrogens is 312 g/mol. The highest BCUT2D eigenvalue weighted by molar-refractivity contribution is 7.13. The quantitative estimate of drug-likeness (QED) is 0.773. The van der Waals surface area contributed by atoms with Crippen LogP contribution >= 0.6 is 11.3 Å². The minimum Gasteiger partial charge on any atom is -0.493 e. The van der Waals surface area contributed by atoms with Gasteiger partial charge in [-0.25, -0.2) is 0 Å². The van der Waals surface area contributed by atoms with Crippen LogP contribution in [0.4, 0.5) is 0 Å². The molecule has 3 aromatic heterocycles. The van der Waals surface area contributed by atoms with Crippen LogP contribution in [0.15, 0.2) is 36.1 Å². The first-order chi connectivity index (χ1) is 11.1. The number of aromatic nitrogens is 4. The Morgan fingerprint density at radius 2 is 2.13 bits per heavy atom. The van der Waals surface area contributed by atoms with Gasteiger partial charge in [-0.2, -0.15) is 9.97 Å². The van der Waals surface area contributed by atoms with Crippen LogP contribution < -0.4 is 4.74 Å². The third kappa shape index (κ3) is 3.45. The monoisotopic (exact) mass is 328 g/mol. The Labute approximate surface area is 137 Å². The van der Waals surface area contributed by atoms with Crippen molar-refractivity contribution in [1.82, 2.24) is 19.9 Å². The Balaban J connectivity index is 1.95. The highest BCUT2D eigenvalue weighted by Crippen LogP contribution is 2.34. The van der Waals surface area contributed by atoms with E-state index in [-0.39, 0.29) is 18.4 Å². The maximum absolute atomic E-state index is 10.3. The van der Waals surface area contributed by atoms with E-state index in [4.69, 9.17) is 4.74 Å². The zero-order chi connectivity index (χ0) is 16.2. The molecule has 0 saturated carbocycles. The lowest BCUT2D eigenvalue weighted by Crippen LogP contribution is -2.05. The molecule has 0 radical (unpaired) electrons. The van der Waals surface area contributed by atoms with Crippen molar-refractivity contribution in [3.63, 3.8) is 0 Å². The highest BCUT2D eigenvalue weighted by Gasteiger charge is 2.19. The summed E-state index contributed by atoms with van der Waals surface area (Å²) in [6.45, 7) is 4.19. The summed E-state index contributed by atoms with van der Waals surface area (Å²) in [4.78, 5) is 17.6. The van der Waals surface area contributed by atoms with Crippen molar-refractivity contribution in [2.75, 3.05) is 0 Å². The van der Waals surface area contributed by atoms with Gasteiger partial charge in [0.1, 0.15) is 6.61 Å². The van der Waals surface area contributed by atoms with Gasteiger partial charge < -0.3 is 9.84 Å². The van der Waals surface area contributed by atoms with Gasteiger partial charge in [-0.3, -0.25) is 9.97 Å². The Morgan fingerprint density at radius 3 is 2.78 bits per heavy atom. The summed E-state index contributed by atoms with van der Waals surface area (Å²) in [6.07, 6.45) is 3.37. The second-order valence-electron chi connectivity index (χ2n) is 5.22. The Morgan fingerprint density at radius 1 is 1.26 bits per heavy atom. The third-order valence-corrected chi connectivity index (χ3v) is 3.97. The van der Waals surface area contributed by atoms with Crippen molar-refractivity contribution < 1.29 is 9.84 Å². The van der Waals surface area contributed by atoms with Gasteiger partial charge in [0.15, 0.2) is 5.82 Å². The molecule has 23 heavy (non-hydrogen) atoms. The van der Waals surface area contributed by atoms with Gasteiger partial charge in [0, 0.05) is 12.4 Å². The summed E-state index contributed by atoms with van der Waals surface area (Å²) in [5.41, 5.74) is 3.08. The predicted octanol–water partition coefficient (Wildman–Crippen LogP) is 3.40. The number of rotatable bonds is 5. The van der Waals surface area contributed by atoms with Gasteiger partial charge in [0.2, 0.25) is 11.8 Å². The SMILES string of the molecule is CC(C)c1c(O)nc(-c2cncs2)nc1OCc1ccccn1. The molecule has 0 aromatic carbocycles. The molecule has 0 amide bonds. The normalized spacial score (nSPS) is 10.9. The first-order valence-corrected chi connectivity index (χ1v) is 8.05. The zero-order valence-corrected chi connectivity index (χ0v) is 13.6. The van der Waals surface area contributed by atoms with Crippen LogP contribution in [0, 0.1) is 0 Å². The number of nitrogens with zero attached hydrogens (tertiary/aromatic N) is 4. The van der Waals surface area contributed by atoms with E-state index in [1.807, 2.05) is 32.0 Å². The van der Waals surface area contributed by atoms with Gasteiger partial charge in [-0.1, -0.05) is 19.9 Å². The van der Waals surface area contributed by atoms with E-state index < -0.39 is 0 Å². The lowest BCUT2D eigenvalue weighted by molar-refractivity contribution is 0.280. The summed E-state index contributed by atoms with van der Waals surface area (Å²) in [7, 11) is 0. The fourth-order valence-electron chi connectivity index (χ4n) is 2.11. The van der Waals surface area contributed by atoms with Crippen molar-refractivity contribution >= 4 is 11.3 Å². The van der Waals surface area contributed by atoms with Gasteiger partial charge >= 0.3 is 0 Å². The summed E-state index contributed by atoms with van der Waals surface area (Å²) in [5.74, 6) is 0.755. The van der Waals surface area contributed by atoms with Crippen LogP contribution in [-0.2, 0) is 6.61 Å². The van der Waals surface area contributed by atoms with Crippen LogP contribution in [0.2, 0.25) is 0 Å². The average Bonchev–Trinajstić information content (AvgIpc) is 3.07. The molecular formula is C16H16N4O2S. The van der Waals surface area contributed by atoms with E-state index >= 15 is 0 Å². The zero-order valence-electron chi connectivity index (χ0n) is 12.8. The fraction of sp³-hybridized carbons (Fsp3) is 0.250. The number of thiazole rings is 1. The maximum Gasteiger partial charge on any atom is 0.224 e. The molecule has 1 N–H and O–H groups in total. The third-order valence-electron chi connectivity index (χ3n) is 3.20. The van der Waals surface area contributed by atoms with E-state index in [9.17, 15) is 5.11 Å². The molecule has 0 aliphatic carbocycles. The summed E-state index contributed by atoms with van der Waals surface area (Å²) < 4.78 is 5.81. The highest BCUT2D eigenvalue weighted by atomic mass is 32.1. The summed E-state index contributed by atoms with van der Waals surface area (Å²) in [5, 5.41) is 10.3. The molecule has 0 atom stereocenters. The van der Waals surface area contributed by atoms with E-state index in [1.165, 1.54) is 11.3 Å². The number of aromatic hydroxyl groups is 1. The van der Waals surface area contributed by atoms with E-state index in [0.717, 1.165) is 10.6 Å². The van der Waals surface area contributed by atoms with Gasteiger partial charge in [-0.15, -0.1) is 11.3 Å². The lowest BCUT2D eigenvalue weighted by atomic mass is 10.1. The van der Waals surface area contributed by atoms with Crippen LogP contribution in [0.25, 0.3) is 10.7 Å². The second kappa shape index (κ2) is 6.70. The Kier molecular flexibility index (Phi) is 4.47. The van der Waals surface area contributed by atoms with Crippen molar-refractivity contribution in [3.05, 3.63) is 47.4 Å². The number of hydrogen-bond acceptors (Lipinski definition) is 7. The number of pyridine rings is 1. The van der Waals surface area contributed by atoms with E-state index in [2.05, 4.69) is 19.9 Å². The second-order valence-corrected chi connectivity index (χ2v) is 6.11. The van der Waals surface area contributed by atoms with Crippen molar-refractivity contribution in [1.29, 1.82) is 0 Å². The topological polar surface area (TPSA) is 81.0 Å². The molecule has 0 aliphatic rings. The first-order valence-electron chi connectivity index (χ1n) is 7.17. The smallest absolute Gasteiger partial charge is 0.224 e. The van der Waals surface area contributed by atoms with Crippen molar-refractivity contribution in [2.45, 2.75) is 26.4 Å². The van der Waals surface area contributed by atoms with Crippen LogP contribution in [0.3, 0.4) is 0 Å². The van der Waals surface area contributed by atoms with Crippen LogP contribution in [0.1, 0.15) is 31.0 Å². The molecule has 0 bridgehead atoms. The molecule has 118 valence electrons. The number of ether oxygens (including phenoxy) is 1.